The lowest BCUT2D eigenvalue weighted by atomic mass is 10.1. The zero-order valence-electron chi connectivity index (χ0n) is 12.6. The van der Waals surface area contributed by atoms with E-state index in [0.29, 0.717) is 15.4 Å². The standard InChI is InChI=1S/C18H10F3N2OS/c19-18(20,21)14-4-2-13(3-5-14)17-23-11-16(25-17)15(24)6-1-12-7-9-22-10-8-12/h1-10H. The molecular weight excluding hydrogens is 349 g/mol. The molecule has 0 saturated carbocycles. The van der Waals surface area contributed by atoms with Crippen molar-refractivity contribution in [2.45, 2.75) is 6.18 Å². The lowest BCUT2D eigenvalue weighted by Gasteiger charge is -2.06. The van der Waals surface area contributed by atoms with Gasteiger partial charge in [0.25, 0.3) is 0 Å². The van der Waals surface area contributed by atoms with Crippen LogP contribution in [0.1, 0.15) is 20.8 Å². The number of benzene rings is 1. The number of hydrogen-bond acceptors (Lipinski definition) is 4. The molecule has 0 fully saturated rings. The minimum absolute atomic E-state index is 0.271. The van der Waals surface area contributed by atoms with Crippen LogP contribution in [0.2, 0.25) is 0 Å². The summed E-state index contributed by atoms with van der Waals surface area (Å²) in [6.45, 7) is 0. The number of pyridine rings is 1. The quantitative estimate of drug-likeness (QED) is 0.490. The van der Waals surface area contributed by atoms with E-state index >= 15 is 0 Å². The molecule has 3 rings (SSSR count). The van der Waals surface area contributed by atoms with E-state index in [1.807, 2.05) is 0 Å². The average molecular weight is 359 g/mol. The maximum atomic E-state index is 12.6. The van der Waals surface area contributed by atoms with E-state index < -0.39 is 11.7 Å². The van der Waals surface area contributed by atoms with Crippen LogP contribution in [0, 0.1) is 6.20 Å². The zero-order valence-corrected chi connectivity index (χ0v) is 13.4. The maximum Gasteiger partial charge on any atom is 0.416 e. The fourth-order valence-corrected chi connectivity index (χ4v) is 2.80. The third-order valence-corrected chi connectivity index (χ3v) is 4.29. The van der Waals surface area contributed by atoms with Gasteiger partial charge in [-0.3, -0.25) is 9.78 Å². The molecule has 0 N–H and O–H groups in total. The predicted octanol–water partition coefficient (Wildman–Crippen LogP) is 4.92. The zero-order chi connectivity index (χ0) is 17.9. The number of ketones is 1. The fraction of sp³-hybridized carbons (Fsp3) is 0.0556. The summed E-state index contributed by atoms with van der Waals surface area (Å²) in [5.41, 5.74) is 0.607. The molecule has 3 nitrogen and oxygen atoms in total. The molecule has 0 aliphatic rings. The molecule has 0 amide bonds. The molecule has 0 unspecified atom stereocenters. The first kappa shape index (κ1) is 17.0. The van der Waals surface area contributed by atoms with Crippen molar-refractivity contribution in [1.82, 2.24) is 9.97 Å². The molecule has 0 aliphatic heterocycles. The van der Waals surface area contributed by atoms with Crippen LogP contribution in [0.15, 0.2) is 54.9 Å². The summed E-state index contributed by atoms with van der Waals surface area (Å²) in [5, 5.41) is 0.439. The van der Waals surface area contributed by atoms with Gasteiger partial charge in [-0.05, 0) is 35.9 Å². The van der Waals surface area contributed by atoms with Crippen LogP contribution in [-0.2, 0) is 6.18 Å². The molecule has 0 saturated heterocycles. The number of aromatic nitrogens is 2. The summed E-state index contributed by atoms with van der Waals surface area (Å²) in [6.07, 6.45) is 4.52. The first-order chi connectivity index (χ1) is 11.9. The van der Waals surface area contributed by atoms with Crippen LogP contribution < -0.4 is 0 Å². The Kier molecular flexibility index (Phi) is 4.76. The van der Waals surface area contributed by atoms with Crippen molar-refractivity contribution >= 4 is 23.2 Å². The summed E-state index contributed by atoms with van der Waals surface area (Å²) in [4.78, 5) is 20.3. The summed E-state index contributed by atoms with van der Waals surface area (Å²) < 4.78 is 37.7. The molecule has 2 heterocycles. The van der Waals surface area contributed by atoms with Crippen molar-refractivity contribution < 1.29 is 18.0 Å². The second-order valence-electron chi connectivity index (χ2n) is 5.01. The molecule has 3 aromatic rings. The number of alkyl halides is 3. The number of hydrogen-bond donors (Lipinski definition) is 0. The molecule has 0 bridgehead atoms. The van der Waals surface area contributed by atoms with E-state index in [9.17, 15) is 18.0 Å². The van der Waals surface area contributed by atoms with Crippen LogP contribution >= 0.6 is 11.3 Å². The lowest BCUT2D eigenvalue weighted by molar-refractivity contribution is -0.137. The smallest absolute Gasteiger partial charge is 0.288 e. The highest BCUT2D eigenvalue weighted by molar-refractivity contribution is 7.17. The molecule has 25 heavy (non-hydrogen) atoms. The van der Waals surface area contributed by atoms with Gasteiger partial charge < -0.3 is 0 Å². The second-order valence-corrected chi connectivity index (χ2v) is 6.01. The van der Waals surface area contributed by atoms with Crippen molar-refractivity contribution in [3.63, 3.8) is 0 Å². The van der Waals surface area contributed by atoms with Gasteiger partial charge in [-0.2, -0.15) is 13.2 Å². The molecule has 7 heteroatoms. The van der Waals surface area contributed by atoms with Gasteiger partial charge in [0.1, 0.15) is 16.1 Å². The number of carbonyl (C=O) groups is 1. The van der Waals surface area contributed by atoms with Crippen LogP contribution in [0.4, 0.5) is 13.2 Å². The molecule has 1 radical (unpaired) electrons. The Morgan fingerprint density at radius 1 is 1.08 bits per heavy atom. The minimum atomic E-state index is -4.38. The highest BCUT2D eigenvalue weighted by Gasteiger charge is 2.30. The summed E-state index contributed by atoms with van der Waals surface area (Å²) >= 11 is 1.08. The van der Waals surface area contributed by atoms with Gasteiger partial charge in [-0.25, -0.2) is 4.98 Å². The Morgan fingerprint density at radius 3 is 2.40 bits per heavy atom. The third-order valence-electron chi connectivity index (χ3n) is 3.27. The van der Waals surface area contributed by atoms with Crippen molar-refractivity contribution in [2.75, 3.05) is 0 Å². The Labute approximate surface area is 145 Å². The van der Waals surface area contributed by atoms with Crippen LogP contribution in [0.3, 0.4) is 0 Å². The lowest BCUT2D eigenvalue weighted by Crippen LogP contribution is -2.03. The number of rotatable bonds is 4. The highest BCUT2D eigenvalue weighted by Crippen LogP contribution is 2.32. The van der Waals surface area contributed by atoms with Gasteiger partial charge in [0, 0.05) is 18.0 Å². The van der Waals surface area contributed by atoms with Crippen LogP contribution in [0.5, 0.6) is 0 Å². The second kappa shape index (κ2) is 6.98. The Bertz CT molecular complexity index is 900. The summed E-state index contributed by atoms with van der Waals surface area (Å²) in [6, 6.07) is 8.15. The van der Waals surface area contributed by atoms with Crippen molar-refractivity contribution in [3.05, 3.63) is 77.1 Å². The molecule has 1 aromatic carbocycles. The molecule has 0 aliphatic carbocycles. The molecule has 0 spiro atoms. The highest BCUT2D eigenvalue weighted by atomic mass is 32.1. The monoisotopic (exact) mass is 359 g/mol. The first-order valence-corrected chi connectivity index (χ1v) is 7.94. The number of allylic oxidation sites excluding steroid dienone is 1. The van der Waals surface area contributed by atoms with Crippen LogP contribution in [0.25, 0.3) is 16.6 Å². The van der Waals surface area contributed by atoms with Gasteiger partial charge in [-0.1, -0.05) is 18.2 Å². The third kappa shape index (κ3) is 4.19. The number of carbonyl (C=O) groups excluding carboxylic acids is 1. The number of nitrogens with zero attached hydrogens (tertiary/aromatic N) is 2. The molecule has 0 atom stereocenters. The molecular formula is C18H10F3N2OS. The first-order valence-electron chi connectivity index (χ1n) is 7.12. The van der Waals surface area contributed by atoms with Crippen molar-refractivity contribution in [2.24, 2.45) is 0 Å². The maximum absolute atomic E-state index is 12.6. The van der Waals surface area contributed by atoms with Crippen LogP contribution in [-0.4, -0.2) is 15.8 Å². The van der Waals surface area contributed by atoms with Crippen molar-refractivity contribution in [3.8, 4) is 10.6 Å². The average Bonchev–Trinajstić information content (AvgIpc) is 3.10. The SMILES string of the molecule is O=C(C=Cc1ccncc1)c1[c]nc(-c2ccc(C(F)(F)F)cc2)s1. The minimum Gasteiger partial charge on any atom is -0.288 e. The van der Waals surface area contributed by atoms with Gasteiger partial charge in [0.2, 0.25) is 0 Å². The van der Waals surface area contributed by atoms with Gasteiger partial charge in [-0.15, -0.1) is 11.3 Å². The van der Waals surface area contributed by atoms with Gasteiger partial charge in [0.15, 0.2) is 5.78 Å². The normalized spacial score (nSPS) is 11.8. The van der Waals surface area contributed by atoms with E-state index in [1.165, 1.54) is 18.2 Å². The number of thiazole rings is 1. The molecule has 125 valence electrons. The van der Waals surface area contributed by atoms with E-state index in [4.69, 9.17) is 0 Å². The Morgan fingerprint density at radius 2 is 1.76 bits per heavy atom. The molecule has 2 aromatic heterocycles. The van der Waals surface area contributed by atoms with E-state index in [-0.39, 0.29) is 5.78 Å². The summed E-state index contributed by atoms with van der Waals surface area (Å²) in [5.74, 6) is -0.271. The summed E-state index contributed by atoms with van der Waals surface area (Å²) in [7, 11) is 0. The van der Waals surface area contributed by atoms with E-state index in [1.54, 1.807) is 30.6 Å². The van der Waals surface area contributed by atoms with E-state index in [2.05, 4.69) is 16.2 Å². The number of halogens is 3. The van der Waals surface area contributed by atoms with Crippen molar-refractivity contribution in [1.29, 1.82) is 0 Å². The Hall–Kier alpha value is -2.80. The topological polar surface area (TPSA) is 42.9 Å². The van der Waals surface area contributed by atoms with Gasteiger partial charge >= 0.3 is 6.18 Å². The Balaban J connectivity index is 1.76. The largest absolute Gasteiger partial charge is 0.416 e. The van der Waals surface area contributed by atoms with E-state index in [0.717, 1.165) is 29.0 Å². The predicted molar refractivity (Wildman–Crippen MR) is 89.0 cm³/mol. The fourth-order valence-electron chi connectivity index (χ4n) is 2.00. The van der Waals surface area contributed by atoms with Gasteiger partial charge in [0.05, 0.1) is 5.56 Å².